The zero-order chi connectivity index (χ0) is 20.1. The summed E-state index contributed by atoms with van der Waals surface area (Å²) in [6, 6.07) is 3.42. The van der Waals surface area contributed by atoms with E-state index in [1.807, 2.05) is 6.07 Å². The van der Waals surface area contributed by atoms with Gasteiger partial charge in [-0.3, -0.25) is 4.79 Å². The van der Waals surface area contributed by atoms with Gasteiger partial charge in [-0.05, 0) is 0 Å². The van der Waals surface area contributed by atoms with Crippen molar-refractivity contribution in [1.82, 2.24) is 30.8 Å². The Hall–Kier alpha value is -3.39. The van der Waals surface area contributed by atoms with E-state index in [4.69, 9.17) is 5.26 Å². The monoisotopic (exact) mass is 385 g/mol. The zero-order valence-electron chi connectivity index (χ0n) is 15.5. The highest BCUT2D eigenvalue weighted by molar-refractivity contribution is 5.98. The summed E-state index contributed by atoms with van der Waals surface area (Å²) in [4.78, 5) is 21.6. The lowest BCUT2D eigenvalue weighted by Gasteiger charge is -2.39. The van der Waals surface area contributed by atoms with Crippen molar-refractivity contribution in [3.63, 3.8) is 0 Å². The number of nitrogens with one attached hydrogen (secondary N) is 3. The van der Waals surface area contributed by atoms with Crippen LogP contribution in [0.2, 0.25) is 0 Å². The number of aromatic nitrogens is 4. The summed E-state index contributed by atoms with van der Waals surface area (Å²) in [6.45, 7) is 1.08. The summed E-state index contributed by atoms with van der Waals surface area (Å²) in [6.07, 6.45) is 3.25. The fraction of sp³-hybridized carbons (Fsp3) is 0.412. The first-order valence-corrected chi connectivity index (χ1v) is 8.69. The second-order valence-electron chi connectivity index (χ2n) is 6.29. The van der Waals surface area contributed by atoms with Crippen molar-refractivity contribution in [2.75, 3.05) is 37.4 Å². The van der Waals surface area contributed by atoms with E-state index < -0.39 is 11.7 Å². The Morgan fingerprint density at radius 3 is 2.64 bits per heavy atom. The van der Waals surface area contributed by atoms with Crippen LogP contribution in [0.3, 0.4) is 0 Å². The van der Waals surface area contributed by atoms with Gasteiger partial charge in [-0.2, -0.15) is 5.26 Å². The molecule has 0 saturated carbocycles. The third-order valence-corrected chi connectivity index (χ3v) is 4.57. The molecule has 1 fully saturated rings. The van der Waals surface area contributed by atoms with Gasteiger partial charge in [0.25, 0.3) is 5.91 Å². The van der Waals surface area contributed by atoms with Crippen LogP contribution in [0.5, 0.6) is 0 Å². The first-order chi connectivity index (χ1) is 13.5. The molecule has 0 aromatic carbocycles. The molecule has 3 N–H and O–H groups in total. The lowest BCUT2D eigenvalue weighted by molar-refractivity contribution is 0.0953. The highest BCUT2D eigenvalue weighted by Gasteiger charge is 2.38. The predicted octanol–water partition coefficient (Wildman–Crippen LogP) is 0.727. The molecule has 1 aliphatic rings. The molecular weight excluding hydrogens is 365 g/mol. The molecule has 0 bridgehead atoms. The van der Waals surface area contributed by atoms with Crippen LogP contribution in [-0.2, 0) is 0 Å². The molecule has 1 saturated heterocycles. The average molecular weight is 385 g/mol. The van der Waals surface area contributed by atoms with E-state index in [9.17, 15) is 4.79 Å². The molecule has 3 rings (SSSR count). The lowest BCUT2D eigenvalue weighted by atomic mass is 10.0. The lowest BCUT2D eigenvalue weighted by Crippen LogP contribution is -2.50. The zero-order valence-corrected chi connectivity index (χ0v) is 15.5. The van der Waals surface area contributed by atoms with Crippen molar-refractivity contribution in [2.24, 2.45) is 0 Å². The van der Waals surface area contributed by atoms with E-state index >= 15 is 4.39 Å². The molecule has 11 heteroatoms. The van der Waals surface area contributed by atoms with Crippen LogP contribution in [-0.4, -0.2) is 59.1 Å². The van der Waals surface area contributed by atoms with E-state index in [0.717, 1.165) is 0 Å². The normalized spacial score (nSPS) is 15.4. The van der Waals surface area contributed by atoms with E-state index in [0.29, 0.717) is 24.6 Å². The molecule has 10 nitrogen and oxygen atoms in total. The summed E-state index contributed by atoms with van der Waals surface area (Å²) in [5.74, 6) is -1.46. The minimum atomic E-state index is -1.61. The SMILES string of the molecule is CNC(=O)c1nnc(Nc2cnc(C#N)cn2)cc1N(C)C1(F)CCNCC1. The maximum absolute atomic E-state index is 15.5. The fourth-order valence-electron chi connectivity index (χ4n) is 2.92. The van der Waals surface area contributed by atoms with Gasteiger partial charge in [-0.1, -0.05) is 0 Å². The molecule has 3 heterocycles. The Kier molecular flexibility index (Phi) is 5.60. The number of nitrogens with zero attached hydrogens (tertiary/aromatic N) is 6. The predicted molar refractivity (Wildman–Crippen MR) is 99.8 cm³/mol. The van der Waals surface area contributed by atoms with Crippen LogP contribution in [0.25, 0.3) is 0 Å². The Bertz CT molecular complexity index is 890. The van der Waals surface area contributed by atoms with E-state index in [2.05, 4.69) is 36.1 Å². The summed E-state index contributed by atoms with van der Waals surface area (Å²) in [7, 11) is 3.07. The molecule has 1 amide bonds. The van der Waals surface area contributed by atoms with Crippen LogP contribution < -0.4 is 20.9 Å². The Balaban J connectivity index is 1.94. The number of alkyl halides is 1. The second kappa shape index (κ2) is 8.10. The first kappa shape index (κ1) is 19.4. The molecule has 1 aliphatic heterocycles. The van der Waals surface area contributed by atoms with Gasteiger partial charge in [0.15, 0.2) is 23.0 Å². The van der Waals surface area contributed by atoms with Gasteiger partial charge in [-0.25, -0.2) is 14.4 Å². The minimum absolute atomic E-state index is 0.0250. The van der Waals surface area contributed by atoms with E-state index in [1.54, 1.807) is 13.1 Å². The van der Waals surface area contributed by atoms with Crippen molar-refractivity contribution in [1.29, 1.82) is 5.26 Å². The van der Waals surface area contributed by atoms with Gasteiger partial charge in [0.1, 0.15) is 11.9 Å². The van der Waals surface area contributed by atoms with Crippen molar-refractivity contribution < 1.29 is 9.18 Å². The van der Waals surface area contributed by atoms with Crippen LogP contribution >= 0.6 is 0 Å². The van der Waals surface area contributed by atoms with E-state index in [1.165, 1.54) is 24.3 Å². The number of anilines is 3. The Labute approximate surface area is 161 Å². The van der Waals surface area contributed by atoms with Gasteiger partial charge in [0.2, 0.25) is 0 Å². The Morgan fingerprint density at radius 2 is 2.04 bits per heavy atom. The molecule has 0 spiro atoms. The molecule has 0 aliphatic carbocycles. The van der Waals surface area contributed by atoms with Crippen molar-refractivity contribution in [3.8, 4) is 6.07 Å². The number of carbonyl (C=O) groups excluding carboxylic acids is 1. The quantitative estimate of drug-likeness (QED) is 0.637. The van der Waals surface area contributed by atoms with E-state index in [-0.39, 0.29) is 30.0 Å². The first-order valence-electron chi connectivity index (χ1n) is 8.69. The maximum Gasteiger partial charge on any atom is 0.273 e. The smallest absolute Gasteiger partial charge is 0.273 e. The van der Waals surface area contributed by atoms with Gasteiger partial charge in [0, 0.05) is 46.1 Å². The van der Waals surface area contributed by atoms with Gasteiger partial charge in [-0.15, -0.1) is 10.2 Å². The number of carbonyl (C=O) groups is 1. The highest BCUT2D eigenvalue weighted by Crippen LogP contribution is 2.33. The number of amides is 1. The van der Waals surface area contributed by atoms with Crippen molar-refractivity contribution in [2.45, 2.75) is 18.6 Å². The Morgan fingerprint density at radius 1 is 1.29 bits per heavy atom. The number of hydrogen-bond donors (Lipinski definition) is 3. The number of halogens is 1. The van der Waals surface area contributed by atoms with Gasteiger partial charge in [0.05, 0.1) is 18.1 Å². The number of hydrogen-bond acceptors (Lipinski definition) is 9. The molecule has 2 aromatic rings. The molecule has 146 valence electrons. The highest BCUT2D eigenvalue weighted by atomic mass is 19.1. The topological polar surface area (TPSA) is 132 Å². The van der Waals surface area contributed by atoms with Crippen molar-refractivity contribution >= 4 is 23.2 Å². The fourth-order valence-corrected chi connectivity index (χ4v) is 2.92. The summed E-state index contributed by atoms with van der Waals surface area (Å²) in [5, 5.41) is 25.3. The number of piperidine rings is 1. The third-order valence-electron chi connectivity index (χ3n) is 4.57. The van der Waals surface area contributed by atoms with Gasteiger partial charge < -0.3 is 20.9 Å². The third kappa shape index (κ3) is 3.96. The molecule has 0 radical (unpaired) electrons. The number of rotatable bonds is 5. The summed E-state index contributed by atoms with van der Waals surface area (Å²) in [5.41, 5.74) is 0.511. The van der Waals surface area contributed by atoms with Crippen LogP contribution in [0, 0.1) is 11.3 Å². The van der Waals surface area contributed by atoms with Crippen LogP contribution in [0.4, 0.5) is 21.7 Å². The van der Waals surface area contributed by atoms with Crippen LogP contribution in [0.15, 0.2) is 18.5 Å². The van der Waals surface area contributed by atoms with Gasteiger partial charge >= 0.3 is 0 Å². The molecule has 0 unspecified atom stereocenters. The molecular formula is C17H20FN9O. The second-order valence-corrected chi connectivity index (χ2v) is 6.29. The summed E-state index contributed by atoms with van der Waals surface area (Å²) < 4.78 is 15.5. The maximum atomic E-state index is 15.5. The molecule has 0 atom stereocenters. The largest absolute Gasteiger partial charge is 0.354 e. The standard InChI is InChI=1S/C17H20FN9O/c1-20-16(28)15-12(27(2)17(18)3-5-21-6-4-17)7-13(25-26-15)24-14-10-22-11(8-19)9-23-14/h7,9-10,21H,3-6H2,1-2H3,(H,20,28)(H,23,24,25). The van der Waals surface area contributed by atoms with Crippen molar-refractivity contribution in [3.05, 3.63) is 29.8 Å². The summed E-state index contributed by atoms with van der Waals surface area (Å²) >= 11 is 0. The number of nitriles is 1. The molecule has 2 aromatic heterocycles. The molecule has 28 heavy (non-hydrogen) atoms. The van der Waals surface area contributed by atoms with Crippen LogP contribution in [0.1, 0.15) is 29.0 Å². The average Bonchev–Trinajstić information content (AvgIpc) is 2.73. The minimum Gasteiger partial charge on any atom is -0.354 e.